The maximum atomic E-state index is 13.5. The van der Waals surface area contributed by atoms with E-state index in [9.17, 15) is 9.18 Å². The average molecular weight is 349 g/mol. The first kappa shape index (κ1) is 14.2. The van der Waals surface area contributed by atoms with Crippen LogP contribution in [0.15, 0.2) is 53.0 Å². The van der Waals surface area contributed by atoms with Crippen LogP contribution in [-0.4, -0.2) is 24.5 Å². The van der Waals surface area contributed by atoms with E-state index in [2.05, 4.69) is 21.2 Å². The number of nitrogens with zero attached hydrogens (tertiary/aromatic N) is 1. The molecule has 1 unspecified atom stereocenters. The van der Waals surface area contributed by atoms with E-state index >= 15 is 0 Å². The van der Waals surface area contributed by atoms with Crippen molar-refractivity contribution in [1.29, 1.82) is 0 Å². The third-order valence-electron chi connectivity index (χ3n) is 3.81. The molecule has 1 heterocycles. The molecule has 21 heavy (non-hydrogen) atoms. The maximum absolute atomic E-state index is 13.5. The standard InChI is InChI=1S/C16H14BrFN2O/c1-20-10-19-16(15(20)21,11-5-3-2-4-6-11)12-7-8-14(18)13(17)9-12/h2-9,19H,10H2,1H3. The van der Waals surface area contributed by atoms with Gasteiger partial charge in [-0.05, 0) is 39.2 Å². The van der Waals surface area contributed by atoms with Crippen LogP contribution in [0.5, 0.6) is 0 Å². The molecule has 1 fully saturated rings. The molecule has 1 aliphatic heterocycles. The number of carbonyl (C=O) groups is 1. The van der Waals surface area contributed by atoms with Gasteiger partial charge in [-0.1, -0.05) is 36.4 Å². The fourth-order valence-electron chi connectivity index (χ4n) is 2.71. The molecule has 0 saturated carbocycles. The number of likely N-dealkylation sites (N-methyl/N-ethyl adjacent to an activating group) is 1. The Kier molecular flexibility index (Phi) is 3.55. The van der Waals surface area contributed by atoms with E-state index in [0.717, 1.165) is 11.1 Å². The van der Waals surface area contributed by atoms with Crippen LogP contribution in [0.3, 0.4) is 0 Å². The summed E-state index contributed by atoms with van der Waals surface area (Å²) in [6.45, 7) is 0.447. The minimum atomic E-state index is -0.966. The lowest BCUT2D eigenvalue weighted by Crippen LogP contribution is -2.44. The molecule has 3 nitrogen and oxygen atoms in total. The number of rotatable bonds is 2. The van der Waals surface area contributed by atoms with Gasteiger partial charge in [-0.15, -0.1) is 0 Å². The molecule has 0 aliphatic carbocycles. The monoisotopic (exact) mass is 348 g/mol. The Morgan fingerprint density at radius 3 is 2.48 bits per heavy atom. The summed E-state index contributed by atoms with van der Waals surface area (Å²) in [5.41, 5.74) is 0.598. The van der Waals surface area contributed by atoms with Crippen molar-refractivity contribution < 1.29 is 9.18 Å². The van der Waals surface area contributed by atoms with Gasteiger partial charge in [-0.3, -0.25) is 10.1 Å². The smallest absolute Gasteiger partial charge is 0.252 e. The summed E-state index contributed by atoms with van der Waals surface area (Å²) in [6, 6.07) is 14.2. The number of halogens is 2. The number of carbonyl (C=O) groups excluding carboxylic acids is 1. The van der Waals surface area contributed by atoms with Crippen LogP contribution >= 0.6 is 15.9 Å². The second kappa shape index (κ2) is 5.24. The fraction of sp³-hybridized carbons (Fsp3) is 0.188. The van der Waals surface area contributed by atoms with E-state index in [1.165, 1.54) is 6.07 Å². The van der Waals surface area contributed by atoms with Crippen LogP contribution in [0.1, 0.15) is 11.1 Å². The molecule has 1 atom stereocenters. The Morgan fingerprint density at radius 1 is 1.19 bits per heavy atom. The maximum Gasteiger partial charge on any atom is 0.252 e. The highest BCUT2D eigenvalue weighted by Crippen LogP contribution is 2.36. The van der Waals surface area contributed by atoms with Crippen molar-refractivity contribution in [2.45, 2.75) is 5.54 Å². The lowest BCUT2D eigenvalue weighted by Gasteiger charge is -2.28. The zero-order chi connectivity index (χ0) is 15.0. The highest BCUT2D eigenvalue weighted by atomic mass is 79.9. The molecule has 0 radical (unpaired) electrons. The van der Waals surface area contributed by atoms with Crippen molar-refractivity contribution in [2.75, 3.05) is 13.7 Å². The van der Waals surface area contributed by atoms with Crippen molar-refractivity contribution in [1.82, 2.24) is 10.2 Å². The van der Waals surface area contributed by atoms with Gasteiger partial charge >= 0.3 is 0 Å². The highest BCUT2D eigenvalue weighted by molar-refractivity contribution is 9.10. The molecule has 108 valence electrons. The van der Waals surface area contributed by atoms with Crippen LogP contribution in [0.25, 0.3) is 0 Å². The third kappa shape index (κ3) is 2.17. The second-order valence-corrected chi connectivity index (χ2v) is 5.94. The summed E-state index contributed by atoms with van der Waals surface area (Å²) in [4.78, 5) is 14.4. The van der Waals surface area contributed by atoms with Gasteiger partial charge in [0.1, 0.15) is 5.82 Å². The quantitative estimate of drug-likeness (QED) is 0.904. The van der Waals surface area contributed by atoms with Gasteiger partial charge in [0.2, 0.25) is 0 Å². The normalized spacial score (nSPS) is 21.9. The van der Waals surface area contributed by atoms with E-state index in [1.807, 2.05) is 30.3 Å². The molecule has 1 N–H and O–H groups in total. The molecule has 5 heteroatoms. The largest absolute Gasteiger partial charge is 0.331 e. The Labute approximate surface area is 130 Å². The first-order valence-electron chi connectivity index (χ1n) is 6.57. The van der Waals surface area contributed by atoms with Crippen LogP contribution in [0.4, 0.5) is 4.39 Å². The number of amides is 1. The van der Waals surface area contributed by atoms with E-state index < -0.39 is 5.54 Å². The average Bonchev–Trinajstić information content (AvgIpc) is 2.80. The summed E-state index contributed by atoms with van der Waals surface area (Å²) in [6.07, 6.45) is 0. The molecule has 2 aromatic carbocycles. The Morgan fingerprint density at radius 2 is 1.90 bits per heavy atom. The summed E-state index contributed by atoms with van der Waals surface area (Å²) in [5.74, 6) is -0.395. The molecule has 1 saturated heterocycles. The molecule has 3 rings (SSSR count). The SMILES string of the molecule is CN1CNC(c2ccccc2)(c2ccc(F)c(Br)c2)C1=O. The van der Waals surface area contributed by atoms with E-state index in [-0.39, 0.29) is 11.7 Å². The summed E-state index contributed by atoms with van der Waals surface area (Å²) in [5, 5.41) is 3.28. The van der Waals surface area contributed by atoms with Gasteiger partial charge in [0, 0.05) is 7.05 Å². The zero-order valence-electron chi connectivity index (χ0n) is 11.4. The van der Waals surface area contributed by atoms with E-state index in [4.69, 9.17) is 0 Å². The molecule has 0 aromatic heterocycles. The summed E-state index contributed by atoms with van der Waals surface area (Å²) in [7, 11) is 1.75. The van der Waals surface area contributed by atoms with Crippen molar-refractivity contribution in [3.05, 3.63) is 69.9 Å². The zero-order valence-corrected chi connectivity index (χ0v) is 13.0. The number of hydrogen-bond donors (Lipinski definition) is 1. The van der Waals surface area contributed by atoms with Crippen molar-refractivity contribution >= 4 is 21.8 Å². The Bertz CT molecular complexity index is 692. The van der Waals surface area contributed by atoms with Crippen LogP contribution in [0.2, 0.25) is 0 Å². The van der Waals surface area contributed by atoms with Gasteiger partial charge in [0.25, 0.3) is 5.91 Å². The van der Waals surface area contributed by atoms with Crippen LogP contribution in [-0.2, 0) is 10.3 Å². The van der Waals surface area contributed by atoms with E-state index in [0.29, 0.717) is 11.1 Å². The van der Waals surface area contributed by atoms with Gasteiger partial charge in [-0.2, -0.15) is 0 Å². The molecule has 0 spiro atoms. The van der Waals surface area contributed by atoms with Crippen molar-refractivity contribution in [3.8, 4) is 0 Å². The molecular weight excluding hydrogens is 335 g/mol. The number of benzene rings is 2. The first-order chi connectivity index (χ1) is 10.1. The minimum Gasteiger partial charge on any atom is -0.331 e. The van der Waals surface area contributed by atoms with Gasteiger partial charge in [0.15, 0.2) is 5.54 Å². The van der Waals surface area contributed by atoms with Crippen LogP contribution in [0, 0.1) is 5.82 Å². The topological polar surface area (TPSA) is 32.3 Å². The van der Waals surface area contributed by atoms with Gasteiger partial charge in [-0.25, -0.2) is 4.39 Å². The second-order valence-electron chi connectivity index (χ2n) is 5.08. The van der Waals surface area contributed by atoms with Crippen molar-refractivity contribution in [2.24, 2.45) is 0 Å². The first-order valence-corrected chi connectivity index (χ1v) is 7.36. The molecule has 1 aliphatic rings. The van der Waals surface area contributed by atoms with Gasteiger partial charge in [0.05, 0.1) is 11.1 Å². The molecule has 0 bridgehead atoms. The fourth-order valence-corrected chi connectivity index (χ4v) is 3.08. The molecular formula is C16H14BrFN2O. The third-order valence-corrected chi connectivity index (χ3v) is 4.42. The summed E-state index contributed by atoms with van der Waals surface area (Å²) < 4.78 is 13.9. The lowest BCUT2D eigenvalue weighted by atomic mass is 9.83. The van der Waals surface area contributed by atoms with Crippen LogP contribution < -0.4 is 5.32 Å². The predicted molar refractivity (Wildman–Crippen MR) is 82.1 cm³/mol. The summed E-state index contributed by atoms with van der Waals surface area (Å²) >= 11 is 3.20. The van der Waals surface area contributed by atoms with E-state index in [1.54, 1.807) is 24.1 Å². The van der Waals surface area contributed by atoms with Crippen molar-refractivity contribution in [3.63, 3.8) is 0 Å². The Hall–Kier alpha value is -1.72. The number of nitrogens with one attached hydrogen (secondary N) is 1. The highest BCUT2D eigenvalue weighted by Gasteiger charge is 2.48. The molecule has 2 aromatic rings. The Balaban J connectivity index is 2.22. The lowest BCUT2D eigenvalue weighted by molar-refractivity contribution is -0.130. The van der Waals surface area contributed by atoms with Gasteiger partial charge < -0.3 is 4.90 Å². The predicted octanol–water partition coefficient (Wildman–Crippen LogP) is 2.85. The number of hydrogen-bond acceptors (Lipinski definition) is 2. The minimum absolute atomic E-state index is 0.0489. The molecule has 1 amide bonds.